The van der Waals surface area contributed by atoms with Crippen LogP contribution in [0.5, 0.6) is 0 Å². The van der Waals surface area contributed by atoms with Crippen molar-refractivity contribution in [1.29, 1.82) is 0 Å². The summed E-state index contributed by atoms with van der Waals surface area (Å²) in [6, 6.07) is 7.48. The second-order valence-corrected chi connectivity index (χ2v) is 3.41. The summed E-state index contributed by atoms with van der Waals surface area (Å²) in [5.74, 6) is -0.388. The van der Waals surface area contributed by atoms with Gasteiger partial charge in [0.1, 0.15) is 0 Å². The van der Waals surface area contributed by atoms with E-state index < -0.39 is 0 Å². The summed E-state index contributed by atoms with van der Waals surface area (Å²) in [5, 5.41) is 3.95. The predicted octanol–water partition coefficient (Wildman–Crippen LogP) is 1.78. The first-order chi connectivity index (χ1) is 7.22. The van der Waals surface area contributed by atoms with Gasteiger partial charge >= 0.3 is 0 Å². The van der Waals surface area contributed by atoms with Crippen molar-refractivity contribution in [1.82, 2.24) is 9.78 Å². The molecule has 15 heavy (non-hydrogen) atoms. The van der Waals surface area contributed by atoms with Gasteiger partial charge in [0.2, 0.25) is 5.95 Å². The lowest BCUT2D eigenvalue weighted by atomic mass is 10.2. The van der Waals surface area contributed by atoms with Crippen LogP contribution in [-0.2, 0) is 6.54 Å². The van der Waals surface area contributed by atoms with E-state index in [0.29, 0.717) is 11.3 Å². The molecule has 0 aliphatic rings. The highest BCUT2D eigenvalue weighted by molar-refractivity contribution is 5.34. The molecule has 0 radical (unpaired) electrons. The van der Waals surface area contributed by atoms with Gasteiger partial charge in [-0.25, -0.2) is 4.68 Å². The minimum Gasteiger partial charge on any atom is -0.326 e. The molecule has 4 heteroatoms. The van der Waals surface area contributed by atoms with Crippen molar-refractivity contribution in [2.75, 3.05) is 0 Å². The van der Waals surface area contributed by atoms with E-state index in [1.165, 1.54) is 10.9 Å². The van der Waals surface area contributed by atoms with E-state index in [0.717, 1.165) is 5.56 Å². The molecule has 1 aromatic carbocycles. The van der Waals surface area contributed by atoms with Gasteiger partial charge in [-0.3, -0.25) is 0 Å². The third-order valence-electron chi connectivity index (χ3n) is 2.28. The third-order valence-corrected chi connectivity index (χ3v) is 2.28. The molecule has 2 rings (SSSR count). The van der Waals surface area contributed by atoms with Gasteiger partial charge in [-0.15, -0.1) is 0 Å². The lowest BCUT2D eigenvalue weighted by molar-refractivity contribution is 0.526. The van der Waals surface area contributed by atoms with Gasteiger partial charge in [0.15, 0.2) is 0 Å². The highest BCUT2D eigenvalue weighted by atomic mass is 19.1. The SMILES string of the molecule is Cc1ccc(-n2ncc(CN)c2F)cc1. The summed E-state index contributed by atoms with van der Waals surface area (Å²) in [6.07, 6.45) is 1.45. The van der Waals surface area contributed by atoms with E-state index in [1.54, 1.807) is 0 Å². The van der Waals surface area contributed by atoms with Crippen LogP contribution in [0.15, 0.2) is 30.5 Å². The van der Waals surface area contributed by atoms with Crippen molar-refractivity contribution in [3.63, 3.8) is 0 Å². The van der Waals surface area contributed by atoms with E-state index in [9.17, 15) is 4.39 Å². The van der Waals surface area contributed by atoms with Gasteiger partial charge in [-0.05, 0) is 19.1 Å². The van der Waals surface area contributed by atoms with Crippen LogP contribution in [0, 0.1) is 12.9 Å². The highest BCUT2D eigenvalue weighted by Crippen LogP contribution is 2.13. The molecule has 1 aromatic heterocycles. The van der Waals surface area contributed by atoms with E-state index in [2.05, 4.69) is 5.10 Å². The van der Waals surface area contributed by atoms with Crippen LogP contribution in [0.4, 0.5) is 4.39 Å². The van der Waals surface area contributed by atoms with Crippen molar-refractivity contribution in [2.24, 2.45) is 5.73 Å². The average Bonchev–Trinajstić information content (AvgIpc) is 2.61. The van der Waals surface area contributed by atoms with Gasteiger partial charge < -0.3 is 5.73 Å². The summed E-state index contributed by atoms with van der Waals surface area (Å²) in [7, 11) is 0. The molecular weight excluding hydrogens is 193 g/mol. The summed E-state index contributed by atoms with van der Waals surface area (Å²) < 4.78 is 14.9. The van der Waals surface area contributed by atoms with Gasteiger partial charge in [-0.2, -0.15) is 9.49 Å². The number of hydrogen-bond donors (Lipinski definition) is 1. The van der Waals surface area contributed by atoms with Crippen molar-refractivity contribution in [3.8, 4) is 5.69 Å². The molecule has 0 fully saturated rings. The number of aryl methyl sites for hydroxylation is 1. The fourth-order valence-corrected chi connectivity index (χ4v) is 1.37. The molecule has 2 aromatic rings. The second kappa shape index (κ2) is 3.82. The zero-order chi connectivity index (χ0) is 10.8. The van der Waals surface area contributed by atoms with Crippen LogP contribution in [0.1, 0.15) is 11.1 Å². The number of benzene rings is 1. The molecule has 78 valence electrons. The maximum Gasteiger partial charge on any atom is 0.220 e. The molecule has 0 spiro atoms. The average molecular weight is 205 g/mol. The first kappa shape index (κ1) is 9.86. The Balaban J connectivity index is 2.45. The monoisotopic (exact) mass is 205 g/mol. The van der Waals surface area contributed by atoms with Crippen LogP contribution in [0.25, 0.3) is 5.69 Å². The van der Waals surface area contributed by atoms with Gasteiger partial charge in [0.05, 0.1) is 11.9 Å². The molecule has 0 aliphatic carbocycles. The molecule has 3 nitrogen and oxygen atoms in total. The Morgan fingerprint density at radius 1 is 1.33 bits per heavy atom. The molecule has 0 saturated heterocycles. The standard InChI is InChI=1S/C11H12FN3/c1-8-2-4-10(5-3-8)15-11(12)9(6-13)7-14-15/h2-5,7H,6,13H2,1H3. The first-order valence-electron chi connectivity index (χ1n) is 4.72. The van der Waals surface area contributed by atoms with Gasteiger partial charge in [0.25, 0.3) is 0 Å². The summed E-state index contributed by atoms with van der Waals surface area (Å²) in [4.78, 5) is 0. The van der Waals surface area contributed by atoms with Gasteiger partial charge in [-0.1, -0.05) is 17.7 Å². The summed E-state index contributed by atoms with van der Waals surface area (Å²) in [6.45, 7) is 2.15. The Morgan fingerprint density at radius 3 is 2.53 bits per heavy atom. The first-order valence-corrected chi connectivity index (χ1v) is 4.72. The van der Waals surface area contributed by atoms with E-state index in [1.807, 2.05) is 31.2 Å². The summed E-state index contributed by atoms with van der Waals surface area (Å²) >= 11 is 0. The zero-order valence-corrected chi connectivity index (χ0v) is 8.44. The van der Waals surface area contributed by atoms with Crippen molar-refractivity contribution in [3.05, 3.63) is 47.5 Å². The molecular formula is C11H12FN3. The third kappa shape index (κ3) is 1.76. The Labute approximate surface area is 87.3 Å². The normalized spacial score (nSPS) is 10.6. The van der Waals surface area contributed by atoms with Crippen molar-refractivity contribution < 1.29 is 4.39 Å². The van der Waals surface area contributed by atoms with Crippen LogP contribution < -0.4 is 5.73 Å². The lowest BCUT2D eigenvalue weighted by Gasteiger charge is -2.02. The fraction of sp³-hybridized carbons (Fsp3) is 0.182. The van der Waals surface area contributed by atoms with Crippen LogP contribution >= 0.6 is 0 Å². The molecule has 0 atom stereocenters. The zero-order valence-electron chi connectivity index (χ0n) is 8.44. The van der Waals surface area contributed by atoms with Crippen molar-refractivity contribution in [2.45, 2.75) is 13.5 Å². The Hall–Kier alpha value is -1.68. The van der Waals surface area contributed by atoms with E-state index in [-0.39, 0.29) is 12.5 Å². The molecule has 0 unspecified atom stereocenters. The van der Waals surface area contributed by atoms with E-state index in [4.69, 9.17) is 5.73 Å². The van der Waals surface area contributed by atoms with Crippen molar-refractivity contribution >= 4 is 0 Å². The molecule has 2 N–H and O–H groups in total. The molecule has 0 amide bonds. The fourth-order valence-electron chi connectivity index (χ4n) is 1.37. The second-order valence-electron chi connectivity index (χ2n) is 3.41. The Bertz CT molecular complexity index is 459. The number of hydrogen-bond acceptors (Lipinski definition) is 2. The number of halogens is 1. The van der Waals surface area contributed by atoms with Crippen LogP contribution in [-0.4, -0.2) is 9.78 Å². The number of rotatable bonds is 2. The highest BCUT2D eigenvalue weighted by Gasteiger charge is 2.09. The topological polar surface area (TPSA) is 43.8 Å². The Kier molecular flexibility index (Phi) is 2.51. The summed E-state index contributed by atoms with van der Waals surface area (Å²) in [5.41, 5.74) is 7.64. The number of nitrogens with zero attached hydrogens (tertiary/aromatic N) is 2. The largest absolute Gasteiger partial charge is 0.326 e. The van der Waals surface area contributed by atoms with Gasteiger partial charge in [0, 0.05) is 12.1 Å². The van der Waals surface area contributed by atoms with Crippen LogP contribution in [0.3, 0.4) is 0 Å². The molecule has 0 saturated carbocycles. The maximum absolute atomic E-state index is 13.6. The minimum absolute atomic E-state index is 0.164. The minimum atomic E-state index is -0.388. The molecule has 1 heterocycles. The quantitative estimate of drug-likeness (QED) is 0.812. The van der Waals surface area contributed by atoms with E-state index >= 15 is 0 Å². The number of aromatic nitrogens is 2. The predicted molar refractivity (Wildman–Crippen MR) is 56.2 cm³/mol. The lowest BCUT2D eigenvalue weighted by Crippen LogP contribution is -2.02. The van der Waals surface area contributed by atoms with Crippen LogP contribution in [0.2, 0.25) is 0 Å². The Morgan fingerprint density at radius 2 is 2.00 bits per heavy atom. The smallest absolute Gasteiger partial charge is 0.220 e. The molecule has 0 aliphatic heterocycles. The molecule has 0 bridgehead atoms. The maximum atomic E-state index is 13.6. The number of nitrogens with two attached hydrogens (primary N) is 1.